The van der Waals surface area contributed by atoms with Crippen molar-refractivity contribution in [3.8, 4) is 0 Å². The Morgan fingerprint density at radius 3 is 2.89 bits per heavy atom. The number of nitrogens with zero attached hydrogens (tertiary/aromatic N) is 1. The van der Waals surface area contributed by atoms with E-state index in [1.54, 1.807) is 6.07 Å². The maximum absolute atomic E-state index is 12.0. The van der Waals surface area contributed by atoms with Crippen LogP contribution in [0.15, 0.2) is 18.3 Å². The Morgan fingerprint density at radius 2 is 2.32 bits per heavy atom. The maximum atomic E-state index is 12.0. The second-order valence-electron chi connectivity index (χ2n) is 5.44. The molecule has 1 atom stereocenters. The van der Waals surface area contributed by atoms with E-state index in [1.165, 1.54) is 0 Å². The molecule has 5 heteroatoms. The average molecular weight is 267 g/mol. The molecule has 1 saturated heterocycles. The third kappa shape index (κ3) is 3.36. The predicted octanol–water partition coefficient (Wildman–Crippen LogP) is 2.38. The van der Waals surface area contributed by atoms with E-state index in [0.717, 1.165) is 0 Å². The fourth-order valence-corrected chi connectivity index (χ4v) is 2.10. The van der Waals surface area contributed by atoms with Gasteiger partial charge in [0, 0.05) is 12.2 Å². The lowest BCUT2D eigenvalue weighted by Crippen LogP contribution is -2.25. The molecule has 1 aliphatic heterocycles. The maximum Gasteiger partial charge on any atom is 0.355 e. The van der Waals surface area contributed by atoms with E-state index in [9.17, 15) is 4.79 Å². The molecule has 0 unspecified atom stereocenters. The summed E-state index contributed by atoms with van der Waals surface area (Å²) >= 11 is 0. The number of carbonyl (C=O) groups is 1. The number of esters is 1. The molecule has 5 nitrogen and oxygen atoms in total. The monoisotopic (exact) mass is 267 g/mol. The Bertz CT molecular complexity index is 450. The lowest BCUT2D eigenvalue weighted by molar-refractivity contribution is -0.142. The van der Waals surface area contributed by atoms with Crippen LogP contribution in [0, 0.1) is 0 Å². The van der Waals surface area contributed by atoms with Gasteiger partial charge in [0.15, 0.2) is 5.79 Å². The molecule has 0 radical (unpaired) electrons. The van der Waals surface area contributed by atoms with Crippen LogP contribution in [0.5, 0.6) is 0 Å². The molecule has 0 amide bonds. The van der Waals surface area contributed by atoms with Crippen molar-refractivity contribution in [1.82, 2.24) is 4.57 Å². The van der Waals surface area contributed by atoms with Crippen molar-refractivity contribution in [3.05, 3.63) is 24.0 Å². The summed E-state index contributed by atoms with van der Waals surface area (Å²) in [6.45, 7) is 8.40. The Hall–Kier alpha value is -1.33. The second kappa shape index (κ2) is 5.35. The van der Waals surface area contributed by atoms with Gasteiger partial charge >= 0.3 is 5.97 Å². The summed E-state index contributed by atoms with van der Waals surface area (Å²) in [5.41, 5.74) is 0.563. The van der Waals surface area contributed by atoms with E-state index < -0.39 is 5.79 Å². The van der Waals surface area contributed by atoms with E-state index >= 15 is 0 Å². The minimum Gasteiger partial charge on any atom is -0.458 e. The minimum absolute atomic E-state index is 0.193. The van der Waals surface area contributed by atoms with Gasteiger partial charge < -0.3 is 18.8 Å². The molecule has 19 heavy (non-hydrogen) atoms. The van der Waals surface area contributed by atoms with Gasteiger partial charge in [-0.1, -0.05) is 0 Å². The number of hydrogen-bond acceptors (Lipinski definition) is 4. The lowest BCUT2D eigenvalue weighted by Gasteiger charge is -2.17. The highest BCUT2D eigenvalue weighted by Gasteiger charge is 2.33. The Morgan fingerprint density at radius 1 is 1.58 bits per heavy atom. The Labute approximate surface area is 113 Å². The normalized spacial score (nSPS) is 21.8. The molecule has 106 valence electrons. The van der Waals surface area contributed by atoms with Gasteiger partial charge in [-0.25, -0.2) is 4.79 Å². The third-order valence-corrected chi connectivity index (χ3v) is 3.01. The lowest BCUT2D eigenvalue weighted by atomic mass is 10.3. The van der Waals surface area contributed by atoms with Crippen LogP contribution in [-0.4, -0.2) is 35.6 Å². The number of carbonyl (C=O) groups excluding carboxylic acids is 1. The summed E-state index contributed by atoms with van der Waals surface area (Å²) in [7, 11) is 0. The number of aromatic nitrogens is 1. The summed E-state index contributed by atoms with van der Waals surface area (Å²) in [6, 6.07) is 3.83. The molecule has 2 rings (SSSR count). The molecule has 0 spiro atoms. The summed E-state index contributed by atoms with van der Waals surface area (Å²) in [5, 5.41) is 0. The summed E-state index contributed by atoms with van der Waals surface area (Å²) in [5.74, 6) is -0.915. The van der Waals surface area contributed by atoms with E-state index in [0.29, 0.717) is 12.3 Å². The topological polar surface area (TPSA) is 49.7 Å². The van der Waals surface area contributed by atoms with Gasteiger partial charge in [0.2, 0.25) is 0 Å². The highest BCUT2D eigenvalue weighted by atomic mass is 16.7. The average Bonchev–Trinajstić information content (AvgIpc) is 2.92. The van der Waals surface area contributed by atoms with Crippen LogP contribution in [0.1, 0.15) is 44.2 Å². The minimum atomic E-state index is -0.588. The van der Waals surface area contributed by atoms with E-state index in [1.807, 2.05) is 44.5 Å². The third-order valence-electron chi connectivity index (χ3n) is 3.01. The molecule has 0 aromatic carbocycles. The first kappa shape index (κ1) is 14.1. The van der Waals surface area contributed by atoms with Crippen molar-refractivity contribution in [2.75, 3.05) is 13.2 Å². The van der Waals surface area contributed by atoms with E-state index in [-0.39, 0.29) is 24.7 Å². The molecule has 0 N–H and O–H groups in total. The first-order valence-corrected chi connectivity index (χ1v) is 6.55. The molecule has 1 fully saturated rings. The van der Waals surface area contributed by atoms with Crippen LogP contribution in [0.3, 0.4) is 0 Å². The molecule has 1 aromatic heterocycles. The van der Waals surface area contributed by atoms with Crippen LogP contribution in [0.25, 0.3) is 0 Å². The van der Waals surface area contributed by atoms with Gasteiger partial charge in [0.25, 0.3) is 0 Å². The van der Waals surface area contributed by atoms with Crippen molar-refractivity contribution < 1.29 is 19.0 Å². The fraction of sp³-hybridized carbons (Fsp3) is 0.643. The van der Waals surface area contributed by atoms with Gasteiger partial charge in [-0.2, -0.15) is 0 Å². The molecular formula is C14H21NO4. The summed E-state index contributed by atoms with van der Waals surface area (Å²) in [6.07, 6.45) is 1.68. The first-order chi connectivity index (χ1) is 8.89. The Balaban J connectivity index is 1.90. The molecule has 1 aliphatic rings. The molecule has 0 saturated carbocycles. The van der Waals surface area contributed by atoms with E-state index in [4.69, 9.17) is 14.2 Å². The fourth-order valence-electron chi connectivity index (χ4n) is 2.10. The van der Waals surface area contributed by atoms with Gasteiger partial charge in [-0.05, 0) is 39.8 Å². The predicted molar refractivity (Wildman–Crippen MR) is 70.0 cm³/mol. The highest BCUT2D eigenvalue weighted by molar-refractivity contribution is 5.87. The van der Waals surface area contributed by atoms with E-state index in [2.05, 4.69) is 0 Å². The molecule has 0 aliphatic carbocycles. The summed E-state index contributed by atoms with van der Waals surface area (Å²) in [4.78, 5) is 12.0. The van der Waals surface area contributed by atoms with Gasteiger partial charge in [0.1, 0.15) is 18.4 Å². The molecule has 0 bridgehead atoms. The van der Waals surface area contributed by atoms with Crippen LogP contribution in [0.2, 0.25) is 0 Å². The van der Waals surface area contributed by atoms with Crippen LogP contribution < -0.4 is 0 Å². The van der Waals surface area contributed by atoms with Gasteiger partial charge in [-0.15, -0.1) is 0 Å². The molecule has 2 heterocycles. The second-order valence-corrected chi connectivity index (χ2v) is 5.44. The van der Waals surface area contributed by atoms with Crippen molar-refractivity contribution in [2.24, 2.45) is 0 Å². The zero-order valence-corrected chi connectivity index (χ0v) is 11.9. The van der Waals surface area contributed by atoms with Crippen molar-refractivity contribution in [1.29, 1.82) is 0 Å². The van der Waals surface area contributed by atoms with Crippen molar-refractivity contribution in [2.45, 2.75) is 45.6 Å². The quantitative estimate of drug-likeness (QED) is 0.786. The SMILES string of the molecule is CC(C)n1cccc1C(=O)OC[C@H]1COC(C)(C)O1. The molecule has 1 aromatic rings. The van der Waals surface area contributed by atoms with Crippen LogP contribution in [-0.2, 0) is 14.2 Å². The van der Waals surface area contributed by atoms with Crippen molar-refractivity contribution in [3.63, 3.8) is 0 Å². The zero-order valence-electron chi connectivity index (χ0n) is 11.9. The number of rotatable bonds is 4. The largest absolute Gasteiger partial charge is 0.458 e. The van der Waals surface area contributed by atoms with Gasteiger partial charge in [0.05, 0.1) is 6.61 Å². The zero-order chi connectivity index (χ0) is 14.0. The number of ether oxygens (including phenoxy) is 3. The highest BCUT2D eigenvalue weighted by Crippen LogP contribution is 2.22. The summed E-state index contributed by atoms with van der Waals surface area (Å²) < 4.78 is 18.2. The van der Waals surface area contributed by atoms with Gasteiger partial charge in [-0.3, -0.25) is 0 Å². The first-order valence-electron chi connectivity index (χ1n) is 6.55. The number of hydrogen-bond donors (Lipinski definition) is 0. The standard InChI is InChI=1S/C14H21NO4/c1-10(2)15-7-5-6-12(15)13(16)17-8-11-9-18-14(3,4)19-11/h5-7,10-11H,8-9H2,1-4H3/t11-/m0/s1. The Kier molecular flexibility index (Phi) is 3.96. The van der Waals surface area contributed by atoms with Crippen LogP contribution in [0.4, 0.5) is 0 Å². The van der Waals surface area contributed by atoms with Crippen molar-refractivity contribution >= 4 is 5.97 Å². The molecular weight excluding hydrogens is 246 g/mol. The smallest absolute Gasteiger partial charge is 0.355 e. The van der Waals surface area contributed by atoms with Crippen LogP contribution >= 0.6 is 0 Å².